The Hall–Kier alpha value is -1.42. The minimum atomic E-state index is -0.251. The van der Waals surface area contributed by atoms with Crippen molar-refractivity contribution in [2.24, 2.45) is 16.7 Å². The SMILES string of the molecule is CC1(C)C(CN2C(=O)CNC2c2ccc(F)cc2)C1(C)C. The first-order valence-electron chi connectivity index (χ1n) is 7.53. The van der Waals surface area contributed by atoms with E-state index in [4.69, 9.17) is 0 Å². The molecule has 1 N–H and O–H groups in total. The lowest BCUT2D eigenvalue weighted by atomic mass is 10.0. The van der Waals surface area contributed by atoms with Crippen LogP contribution in [0.4, 0.5) is 4.39 Å². The summed E-state index contributed by atoms with van der Waals surface area (Å²) in [6, 6.07) is 6.40. The van der Waals surface area contributed by atoms with Crippen molar-refractivity contribution in [3.63, 3.8) is 0 Å². The molecule has 2 aliphatic rings. The molecule has 1 unspecified atom stereocenters. The number of hydrogen-bond acceptors (Lipinski definition) is 2. The second-order valence-electron chi connectivity index (χ2n) is 7.38. The van der Waals surface area contributed by atoms with Crippen LogP contribution < -0.4 is 5.32 Å². The van der Waals surface area contributed by atoms with Gasteiger partial charge in [-0.1, -0.05) is 39.8 Å². The van der Waals surface area contributed by atoms with E-state index in [9.17, 15) is 9.18 Å². The number of rotatable bonds is 3. The molecule has 1 aliphatic heterocycles. The van der Waals surface area contributed by atoms with Crippen LogP contribution in [0.15, 0.2) is 24.3 Å². The van der Waals surface area contributed by atoms with Gasteiger partial charge >= 0.3 is 0 Å². The Kier molecular flexibility index (Phi) is 3.14. The van der Waals surface area contributed by atoms with Crippen LogP contribution in [-0.4, -0.2) is 23.9 Å². The number of nitrogens with one attached hydrogen (secondary N) is 1. The minimum absolute atomic E-state index is 0.128. The molecule has 4 heteroatoms. The summed E-state index contributed by atoms with van der Waals surface area (Å²) >= 11 is 0. The highest BCUT2D eigenvalue weighted by Gasteiger charge is 2.65. The molecule has 0 radical (unpaired) electrons. The van der Waals surface area contributed by atoms with E-state index in [1.807, 2.05) is 4.90 Å². The summed E-state index contributed by atoms with van der Waals surface area (Å²) in [7, 11) is 0. The van der Waals surface area contributed by atoms with Crippen LogP contribution in [0.2, 0.25) is 0 Å². The average molecular weight is 290 g/mol. The van der Waals surface area contributed by atoms with Crippen molar-refractivity contribution in [1.29, 1.82) is 0 Å². The maximum atomic E-state index is 13.1. The van der Waals surface area contributed by atoms with Gasteiger partial charge in [-0.15, -0.1) is 0 Å². The Balaban J connectivity index is 1.80. The van der Waals surface area contributed by atoms with Crippen LogP contribution in [0.3, 0.4) is 0 Å². The van der Waals surface area contributed by atoms with Gasteiger partial charge in [-0.25, -0.2) is 4.39 Å². The highest BCUT2D eigenvalue weighted by Crippen LogP contribution is 2.68. The van der Waals surface area contributed by atoms with Crippen molar-refractivity contribution >= 4 is 5.91 Å². The van der Waals surface area contributed by atoms with E-state index in [0.29, 0.717) is 12.5 Å². The molecular formula is C17H23FN2O. The molecule has 1 saturated heterocycles. The number of nitrogens with zero attached hydrogens (tertiary/aromatic N) is 1. The lowest BCUT2D eigenvalue weighted by molar-refractivity contribution is -0.128. The molecule has 1 amide bonds. The molecule has 1 aromatic carbocycles. The zero-order valence-corrected chi connectivity index (χ0v) is 13.1. The first-order chi connectivity index (χ1) is 9.75. The van der Waals surface area contributed by atoms with Crippen LogP contribution in [0, 0.1) is 22.6 Å². The number of halogens is 1. The van der Waals surface area contributed by atoms with Gasteiger partial charge in [-0.2, -0.15) is 0 Å². The van der Waals surface area contributed by atoms with Crippen molar-refractivity contribution in [3.8, 4) is 0 Å². The Morgan fingerprint density at radius 3 is 2.29 bits per heavy atom. The number of hydrogen-bond donors (Lipinski definition) is 1. The first-order valence-corrected chi connectivity index (χ1v) is 7.53. The van der Waals surface area contributed by atoms with E-state index >= 15 is 0 Å². The molecule has 21 heavy (non-hydrogen) atoms. The van der Waals surface area contributed by atoms with Crippen molar-refractivity contribution in [1.82, 2.24) is 10.2 Å². The quantitative estimate of drug-likeness (QED) is 0.928. The zero-order chi connectivity index (χ0) is 15.4. The summed E-state index contributed by atoms with van der Waals surface area (Å²) in [6.45, 7) is 10.2. The predicted octanol–water partition coefficient (Wildman–Crippen LogP) is 2.94. The van der Waals surface area contributed by atoms with E-state index in [1.165, 1.54) is 12.1 Å². The van der Waals surface area contributed by atoms with E-state index in [1.54, 1.807) is 12.1 Å². The van der Waals surface area contributed by atoms with Gasteiger partial charge < -0.3 is 4.90 Å². The fraction of sp³-hybridized carbons (Fsp3) is 0.588. The van der Waals surface area contributed by atoms with Gasteiger partial charge in [-0.05, 0) is 34.4 Å². The third-order valence-electron chi connectivity index (χ3n) is 5.96. The van der Waals surface area contributed by atoms with Crippen LogP contribution in [0.1, 0.15) is 39.4 Å². The molecule has 3 nitrogen and oxygen atoms in total. The Labute approximate surface area is 125 Å². The van der Waals surface area contributed by atoms with E-state index < -0.39 is 0 Å². The standard InChI is InChI=1S/C17H23FN2O/c1-16(2)13(17(16,3)4)10-20-14(21)9-19-15(20)11-5-7-12(18)8-6-11/h5-8,13,15,19H,9-10H2,1-4H3. The minimum Gasteiger partial charge on any atom is -0.321 e. The van der Waals surface area contributed by atoms with Crippen LogP contribution >= 0.6 is 0 Å². The number of carbonyl (C=O) groups excluding carboxylic acids is 1. The molecule has 1 atom stereocenters. The molecule has 1 aliphatic carbocycles. The van der Waals surface area contributed by atoms with Crippen molar-refractivity contribution in [3.05, 3.63) is 35.6 Å². The fourth-order valence-corrected chi connectivity index (χ4v) is 3.68. The summed E-state index contributed by atoms with van der Waals surface area (Å²) in [5.74, 6) is 0.374. The first kappa shape index (κ1) is 14.5. The van der Waals surface area contributed by atoms with E-state index in [2.05, 4.69) is 33.0 Å². The monoisotopic (exact) mass is 290 g/mol. The van der Waals surface area contributed by atoms with Gasteiger partial charge in [0.05, 0.1) is 6.54 Å². The third-order valence-corrected chi connectivity index (χ3v) is 5.96. The molecule has 3 rings (SSSR count). The Morgan fingerprint density at radius 2 is 1.76 bits per heavy atom. The van der Waals surface area contributed by atoms with Crippen LogP contribution in [0.5, 0.6) is 0 Å². The van der Waals surface area contributed by atoms with Crippen LogP contribution in [-0.2, 0) is 4.79 Å². The lowest BCUT2D eigenvalue weighted by Crippen LogP contribution is -2.33. The summed E-state index contributed by atoms with van der Waals surface area (Å²) in [6.07, 6.45) is -0.134. The largest absolute Gasteiger partial charge is 0.321 e. The van der Waals surface area contributed by atoms with Gasteiger partial charge in [0.15, 0.2) is 0 Å². The van der Waals surface area contributed by atoms with Gasteiger partial charge in [-0.3, -0.25) is 10.1 Å². The van der Waals surface area contributed by atoms with Gasteiger partial charge in [0.25, 0.3) is 0 Å². The topological polar surface area (TPSA) is 32.3 Å². The molecular weight excluding hydrogens is 267 g/mol. The zero-order valence-electron chi connectivity index (χ0n) is 13.1. The third kappa shape index (κ3) is 2.16. The molecule has 0 aromatic heterocycles. The van der Waals surface area contributed by atoms with Crippen LogP contribution in [0.25, 0.3) is 0 Å². The maximum absolute atomic E-state index is 13.1. The van der Waals surface area contributed by atoms with Crippen molar-refractivity contribution < 1.29 is 9.18 Å². The maximum Gasteiger partial charge on any atom is 0.238 e. The highest BCUT2D eigenvalue weighted by molar-refractivity contribution is 5.81. The Bertz CT molecular complexity index is 551. The molecule has 0 spiro atoms. The van der Waals surface area contributed by atoms with Gasteiger partial charge in [0.1, 0.15) is 12.0 Å². The van der Waals surface area contributed by atoms with Crippen molar-refractivity contribution in [2.45, 2.75) is 33.9 Å². The number of benzene rings is 1. The molecule has 2 fully saturated rings. The molecule has 0 bridgehead atoms. The molecule has 1 saturated carbocycles. The van der Waals surface area contributed by atoms with Crippen molar-refractivity contribution in [2.75, 3.05) is 13.1 Å². The van der Waals surface area contributed by atoms with Gasteiger partial charge in [0, 0.05) is 6.54 Å². The van der Waals surface area contributed by atoms with E-state index in [-0.39, 0.29) is 28.7 Å². The predicted molar refractivity (Wildman–Crippen MR) is 79.9 cm³/mol. The average Bonchev–Trinajstić information content (AvgIpc) is 2.71. The molecule has 1 aromatic rings. The molecule has 114 valence electrons. The summed E-state index contributed by atoms with van der Waals surface area (Å²) in [4.78, 5) is 14.1. The summed E-state index contributed by atoms with van der Waals surface area (Å²) in [5.41, 5.74) is 1.45. The smallest absolute Gasteiger partial charge is 0.238 e. The summed E-state index contributed by atoms with van der Waals surface area (Å²) in [5, 5.41) is 3.23. The van der Waals surface area contributed by atoms with E-state index in [0.717, 1.165) is 12.1 Å². The van der Waals surface area contributed by atoms with Gasteiger partial charge in [0.2, 0.25) is 5.91 Å². The normalized spacial score (nSPS) is 27.2. The fourth-order valence-electron chi connectivity index (χ4n) is 3.68. The number of carbonyl (C=O) groups is 1. The molecule has 1 heterocycles. The summed E-state index contributed by atoms with van der Waals surface area (Å²) < 4.78 is 13.1. The number of amides is 1. The Morgan fingerprint density at radius 1 is 1.19 bits per heavy atom. The second kappa shape index (κ2) is 4.54. The second-order valence-corrected chi connectivity index (χ2v) is 7.38. The highest BCUT2D eigenvalue weighted by atomic mass is 19.1. The lowest BCUT2D eigenvalue weighted by Gasteiger charge is -2.25.